The minimum atomic E-state index is -0.771. The van der Waals surface area contributed by atoms with Crippen molar-refractivity contribution in [3.8, 4) is 50.3 Å². The number of aromatic nitrogens is 4. The molecule has 8 aromatic rings. The summed E-state index contributed by atoms with van der Waals surface area (Å²) in [6, 6.07) is 53.3. The maximum atomic E-state index is 13.2. The highest BCUT2D eigenvalue weighted by molar-refractivity contribution is 6.00. The third-order valence-corrected chi connectivity index (χ3v) is 11.1. The van der Waals surface area contributed by atoms with Gasteiger partial charge in [0.05, 0.1) is 28.8 Å². The van der Waals surface area contributed by atoms with Gasteiger partial charge in [-0.2, -0.15) is 0 Å². The quantitative estimate of drug-likeness (QED) is 0.104. The van der Waals surface area contributed by atoms with Crippen molar-refractivity contribution in [1.29, 1.82) is 0 Å². The highest BCUT2D eigenvalue weighted by Gasteiger charge is 2.20. The molecule has 0 radical (unpaired) electrons. The molecule has 6 N–H and O–H groups in total. The van der Waals surface area contributed by atoms with Crippen LogP contribution in [0.1, 0.15) is 28.3 Å². The Balaban J connectivity index is 1.19. The molecule has 1 atom stereocenters. The molecule has 2 aliphatic heterocycles. The number of hydrogen-bond donors (Lipinski definition) is 5. The van der Waals surface area contributed by atoms with Crippen LogP contribution >= 0.6 is 0 Å². The van der Waals surface area contributed by atoms with Crippen LogP contribution in [0.4, 0.5) is 5.69 Å². The largest absolute Gasteiger partial charge is 0.508 e. The van der Waals surface area contributed by atoms with E-state index >= 15 is 0 Å². The van der Waals surface area contributed by atoms with E-state index in [2.05, 4.69) is 112 Å². The lowest BCUT2D eigenvalue weighted by Gasteiger charge is -2.13. The second-order valence-electron chi connectivity index (χ2n) is 15.1. The van der Waals surface area contributed by atoms with E-state index in [-0.39, 0.29) is 11.7 Å². The van der Waals surface area contributed by atoms with E-state index in [0.717, 1.165) is 94.9 Å². The summed E-state index contributed by atoms with van der Waals surface area (Å²) in [5.41, 5.74) is 22.7. The van der Waals surface area contributed by atoms with E-state index in [0.29, 0.717) is 12.1 Å². The summed E-state index contributed by atoms with van der Waals surface area (Å²) < 4.78 is 0. The Labute approximate surface area is 352 Å². The summed E-state index contributed by atoms with van der Waals surface area (Å²) in [6.45, 7) is 0. The first-order valence-corrected chi connectivity index (χ1v) is 20.2. The zero-order chi connectivity index (χ0) is 41.3. The summed E-state index contributed by atoms with van der Waals surface area (Å²) in [7, 11) is 0. The van der Waals surface area contributed by atoms with Gasteiger partial charge in [0, 0.05) is 50.0 Å². The number of nitrogens with one attached hydrogen (secondary N) is 3. The predicted octanol–water partition coefficient (Wildman–Crippen LogP) is 11.5. The lowest BCUT2D eigenvalue weighted by molar-refractivity contribution is -0.117. The molecule has 0 spiro atoms. The predicted molar refractivity (Wildman–Crippen MR) is 249 cm³/mol. The van der Waals surface area contributed by atoms with Crippen molar-refractivity contribution in [3.05, 3.63) is 192 Å². The smallest absolute Gasteiger partial charge is 0.241 e. The fourth-order valence-electron chi connectivity index (χ4n) is 8.17. The van der Waals surface area contributed by atoms with Gasteiger partial charge in [0.1, 0.15) is 5.75 Å². The van der Waals surface area contributed by atoms with E-state index in [4.69, 9.17) is 15.7 Å². The van der Waals surface area contributed by atoms with Gasteiger partial charge in [-0.15, -0.1) is 0 Å². The number of phenols is 1. The number of anilines is 1. The number of fused-ring (bicyclic) bond motifs is 8. The molecule has 8 bridgehead atoms. The zero-order valence-corrected chi connectivity index (χ0v) is 33.0. The Bertz CT molecular complexity index is 3110. The third-order valence-electron chi connectivity index (χ3n) is 11.1. The van der Waals surface area contributed by atoms with Gasteiger partial charge in [-0.25, -0.2) is 9.97 Å². The van der Waals surface area contributed by atoms with Gasteiger partial charge in [-0.3, -0.25) is 4.79 Å². The molecule has 294 valence electrons. The van der Waals surface area contributed by atoms with E-state index in [9.17, 15) is 9.90 Å². The summed E-state index contributed by atoms with van der Waals surface area (Å²) in [5, 5.41) is 12.6. The van der Waals surface area contributed by atoms with Gasteiger partial charge >= 0.3 is 0 Å². The average molecular weight is 793 g/mol. The molecule has 0 saturated heterocycles. The number of aromatic amines is 2. The number of carbonyl (C=O) groups is 1. The van der Waals surface area contributed by atoms with Crippen LogP contribution in [0.5, 0.6) is 5.75 Å². The molecular weight excluding hydrogens is 753 g/mol. The molecule has 0 unspecified atom stereocenters. The molecule has 8 nitrogen and oxygen atoms in total. The van der Waals surface area contributed by atoms with E-state index in [1.54, 1.807) is 24.3 Å². The number of nitrogens with zero attached hydrogens (tertiary/aromatic N) is 2. The van der Waals surface area contributed by atoms with Crippen LogP contribution in [0.15, 0.2) is 164 Å². The van der Waals surface area contributed by atoms with Crippen molar-refractivity contribution in [2.45, 2.75) is 12.5 Å². The number of amides is 1. The summed E-state index contributed by atoms with van der Waals surface area (Å²) >= 11 is 0. The van der Waals surface area contributed by atoms with Crippen LogP contribution < -0.4 is 11.1 Å². The number of benzene rings is 5. The molecule has 5 heterocycles. The van der Waals surface area contributed by atoms with Crippen LogP contribution in [0, 0.1) is 0 Å². The molecular formula is C53H40N6O2. The molecule has 0 aliphatic carbocycles. The number of carbonyl (C=O) groups excluding carboxylic acids is 1. The van der Waals surface area contributed by atoms with Gasteiger partial charge in [-0.05, 0) is 107 Å². The van der Waals surface area contributed by atoms with Crippen molar-refractivity contribution >= 4 is 58.0 Å². The van der Waals surface area contributed by atoms with Gasteiger partial charge in [0.2, 0.25) is 5.91 Å². The molecule has 8 heteroatoms. The second-order valence-corrected chi connectivity index (χ2v) is 15.1. The fraction of sp³-hybridized carbons (Fsp3) is 0.0377. The first-order valence-electron chi connectivity index (χ1n) is 20.2. The Hall–Kier alpha value is -8.07. The van der Waals surface area contributed by atoms with Crippen molar-refractivity contribution in [2.24, 2.45) is 5.73 Å². The van der Waals surface area contributed by atoms with Crippen LogP contribution in [0.25, 0.3) is 90.9 Å². The van der Waals surface area contributed by atoms with Gasteiger partial charge in [0.15, 0.2) is 0 Å². The lowest BCUT2D eigenvalue weighted by Crippen LogP contribution is -2.37. The monoisotopic (exact) mass is 792 g/mol. The number of phenolic OH excluding ortho intramolecular Hbond substituents is 1. The summed E-state index contributed by atoms with van der Waals surface area (Å²) in [4.78, 5) is 31.5. The van der Waals surface area contributed by atoms with Gasteiger partial charge < -0.3 is 26.1 Å². The molecule has 2 aliphatic rings. The molecule has 10 rings (SSSR count). The van der Waals surface area contributed by atoms with Gasteiger partial charge in [-0.1, -0.05) is 115 Å². The third kappa shape index (κ3) is 7.44. The number of rotatable bonds is 8. The fourth-order valence-corrected chi connectivity index (χ4v) is 8.17. The number of aromatic hydroxyl groups is 1. The van der Waals surface area contributed by atoms with Crippen molar-refractivity contribution in [3.63, 3.8) is 0 Å². The molecule has 1 amide bonds. The van der Waals surface area contributed by atoms with E-state index in [1.165, 1.54) is 0 Å². The molecule has 0 fully saturated rings. The Morgan fingerprint density at radius 1 is 0.492 bits per heavy atom. The topological polar surface area (TPSA) is 133 Å². The SMILES string of the molecule is N[C@@H](Cc1ccc(O)cc1)C(=O)Nc1ccc(-c2c3nc(c(-c4ccccc4)c4ccc([nH]4)c(-c4ccccc4)c4nc(c(-c5ccccc5)c5ccc2[nH]5)C=C4)C=C3)cc1. The molecule has 0 saturated carbocycles. The van der Waals surface area contributed by atoms with Crippen LogP contribution in [-0.2, 0) is 11.2 Å². The first kappa shape index (κ1) is 37.2. The maximum Gasteiger partial charge on any atom is 0.241 e. The van der Waals surface area contributed by atoms with Crippen LogP contribution in [0.3, 0.4) is 0 Å². The number of H-pyrrole nitrogens is 2. The highest BCUT2D eigenvalue weighted by atomic mass is 16.3. The summed E-state index contributed by atoms with van der Waals surface area (Å²) in [5.74, 6) is -0.132. The summed E-state index contributed by atoms with van der Waals surface area (Å²) in [6.07, 6.45) is 8.70. The maximum absolute atomic E-state index is 13.2. The average Bonchev–Trinajstić information content (AvgIpc) is 4.15. The molecule has 61 heavy (non-hydrogen) atoms. The zero-order valence-electron chi connectivity index (χ0n) is 33.0. The number of nitrogens with two attached hydrogens (primary N) is 1. The minimum Gasteiger partial charge on any atom is -0.508 e. The van der Waals surface area contributed by atoms with Crippen LogP contribution in [-0.4, -0.2) is 37.0 Å². The minimum absolute atomic E-state index is 0.166. The normalized spacial score (nSPS) is 12.3. The van der Waals surface area contributed by atoms with Crippen molar-refractivity contribution < 1.29 is 9.90 Å². The first-order chi connectivity index (χ1) is 29.9. The second kappa shape index (κ2) is 15.9. The molecule has 5 aromatic carbocycles. The van der Waals surface area contributed by atoms with E-state index < -0.39 is 6.04 Å². The Kier molecular flexibility index (Phi) is 9.72. The van der Waals surface area contributed by atoms with Crippen LogP contribution in [0.2, 0.25) is 0 Å². The Morgan fingerprint density at radius 2 is 0.852 bits per heavy atom. The van der Waals surface area contributed by atoms with E-state index in [1.807, 2.05) is 66.7 Å². The molecule has 3 aromatic heterocycles. The standard InChI is InChI=1S/C53H40N6O2/c54-40(32-33-16-22-39(60)23-17-33)53(61)55-38-20-18-37(19-21-38)52-47-30-28-45(58-47)50(35-12-6-2-7-13-35)43-26-24-41(56-43)49(34-10-4-1-5-11-34)42-25-27-44(57-42)51(36-14-8-3-9-15-36)46-29-31-48(52)59-46/h1-31,40,56,59-60H,32,54H2,(H,55,61)/t40-/m0/s1. The van der Waals surface area contributed by atoms with Gasteiger partial charge in [0.25, 0.3) is 0 Å². The number of hydrogen-bond acceptors (Lipinski definition) is 5. The Morgan fingerprint density at radius 3 is 1.23 bits per heavy atom. The van der Waals surface area contributed by atoms with Crippen molar-refractivity contribution in [1.82, 2.24) is 19.9 Å². The van der Waals surface area contributed by atoms with Crippen molar-refractivity contribution in [2.75, 3.05) is 5.32 Å². The lowest BCUT2D eigenvalue weighted by atomic mass is 10.0. The highest BCUT2D eigenvalue weighted by Crippen LogP contribution is 2.38.